The molecular weight excluding hydrogens is 324 g/mol. The molecule has 0 aliphatic heterocycles. The van der Waals surface area contributed by atoms with Crippen LogP contribution in [0, 0.1) is 0 Å². The Balaban J connectivity index is 1.96. The van der Waals surface area contributed by atoms with Crippen molar-refractivity contribution >= 4 is 29.4 Å². The topological polar surface area (TPSA) is 55.1 Å². The lowest BCUT2D eigenvalue weighted by Gasteiger charge is -2.13. The Bertz CT molecular complexity index is 619. The second-order valence-electron chi connectivity index (χ2n) is 5.13. The van der Waals surface area contributed by atoms with E-state index in [1.807, 2.05) is 42.7 Å². The van der Waals surface area contributed by atoms with Crippen molar-refractivity contribution in [2.75, 3.05) is 12.0 Å². The summed E-state index contributed by atoms with van der Waals surface area (Å²) in [7, 11) is 0. The molecule has 3 nitrogen and oxygen atoms in total. The van der Waals surface area contributed by atoms with E-state index in [-0.39, 0.29) is 5.91 Å². The first kappa shape index (κ1) is 17.9. The van der Waals surface area contributed by atoms with Gasteiger partial charge in [-0.15, -0.1) is 0 Å². The molecule has 2 aromatic carbocycles. The summed E-state index contributed by atoms with van der Waals surface area (Å²) in [6.07, 6.45) is 2.72. The van der Waals surface area contributed by atoms with Crippen LogP contribution in [0.15, 0.2) is 64.4 Å². The summed E-state index contributed by atoms with van der Waals surface area (Å²) in [6, 6.07) is 17.9. The minimum atomic E-state index is -0.434. The van der Waals surface area contributed by atoms with E-state index in [1.165, 1.54) is 4.90 Å². The smallest absolute Gasteiger partial charge is 0.237 e. The molecule has 2 aromatic rings. The molecule has 0 radical (unpaired) electrons. The van der Waals surface area contributed by atoms with Crippen LogP contribution < -0.4 is 11.1 Å². The van der Waals surface area contributed by atoms with Crippen LogP contribution in [0.4, 0.5) is 0 Å². The second-order valence-corrected chi connectivity index (χ2v) is 7.23. The number of hydrogen-bond acceptors (Lipinski definition) is 4. The van der Waals surface area contributed by atoms with Gasteiger partial charge in [0, 0.05) is 16.3 Å². The molecule has 0 saturated carbocycles. The minimum absolute atomic E-state index is 0.0847. The van der Waals surface area contributed by atoms with Crippen molar-refractivity contribution in [3.05, 3.63) is 60.2 Å². The summed E-state index contributed by atoms with van der Waals surface area (Å²) in [6.45, 7) is 0.502. The fraction of sp³-hybridized carbons (Fsp3) is 0.278. The Kier molecular flexibility index (Phi) is 7.52. The Hall–Kier alpha value is -1.43. The maximum atomic E-state index is 12.0. The number of carbonyl (C=O) groups is 1. The lowest BCUT2D eigenvalue weighted by Crippen LogP contribution is -2.40. The highest BCUT2D eigenvalue weighted by atomic mass is 32.2. The van der Waals surface area contributed by atoms with E-state index in [9.17, 15) is 4.79 Å². The number of nitrogens with one attached hydrogen (secondary N) is 1. The molecule has 0 aliphatic rings. The molecule has 122 valence electrons. The van der Waals surface area contributed by atoms with Crippen molar-refractivity contribution in [2.24, 2.45) is 5.73 Å². The molecule has 0 fully saturated rings. The first-order chi connectivity index (χ1) is 11.2. The molecule has 1 atom stereocenters. The van der Waals surface area contributed by atoms with E-state index in [4.69, 9.17) is 5.73 Å². The standard InChI is InChI=1S/C18H22N2OS2/c1-22-12-11-16(19)18(21)20-13-14-7-5-6-10-17(14)23-15-8-3-2-4-9-15/h2-10,16H,11-13,19H2,1H3,(H,20,21)/t16-/m0/s1. The van der Waals surface area contributed by atoms with Gasteiger partial charge in [0.15, 0.2) is 0 Å². The molecule has 0 aliphatic carbocycles. The number of hydrogen-bond donors (Lipinski definition) is 2. The molecule has 2 rings (SSSR count). The van der Waals surface area contributed by atoms with Gasteiger partial charge in [-0.25, -0.2) is 0 Å². The van der Waals surface area contributed by atoms with Gasteiger partial charge in [0.2, 0.25) is 5.91 Å². The van der Waals surface area contributed by atoms with E-state index in [2.05, 4.69) is 23.5 Å². The van der Waals surface area contributed by atoms with Crippen molar-refractivity contribution < 1.29 is 4.79 Å². The molecule has 5 heteroatoms. The fourth-order valence-electron chi connectivity index (χ4n) is 2.05. The second kappa shape index (κ2) is 9.65. The molecule has 23 heavy (non-hydrogen) atoms. The van der Waals surface area contributed by atoms with Crippen molar-refractivity contribution in [2.45, 2.75) is 28.8 Å². The summed E-state index contributed by atoms with van der Waals surface area (Å²) >= 11 is 3.40. The lowest BCUT2D eigenvalue weighted by molar-refractivity contribution is -0.122. The van der Waals surface area contributed by atoms with Gasteiger partial charge in [-0.3, -0.25) is 4.79 Å². The van der Waals surface area contributed by atoms with E-state index < -0.39 is 6.04 Å². The van der Waals surface area contributed by atoms with E-state index in [1.54, 1.807) is 23.5 Å². The van der Waals surface area contributed by atoms with Crippen LogP contribution in [0.2, 0.25) is 0 Å². The third-order valence-corrected chi connectivity index (χ3v) is 5.14. The number of thioether (sulfide) groups is 1. The normalized spacial score (nSPS) is 11.9. The summed E-state index contributed by atoms with van der Waals surface area (Å²) in [5.74, 6) is 0.813. The highest BCUT2D eigenvalue weighted by molar-refractivity contribution is 7.99. The maximum absolute atomic E-state index is 12.0. The largest absolute Gasteiger partial charge is 0.351 e. The Morgan fingerprint density at radius 3 is 2.57 bits per heavy atom. The predicted molar refractivity (Wildman–Crippen MR) is 99.8 cm³/mol. The zero-order valence-electron chi connectivity index (χ0n) is 13.2. The Morgan fingerprint density at radius 1 is 1.13 bits per heavy atom. The van der Waals surface area contributed by atoms with Crippen molar-refractivity contribution in [1.82, 2.24) is 5.32 Å². The van der Waals surface area contributed by atoms with Crippen molar-refractivity contribution in [1.29, 1.82) is 0 Å². The molecule has 3 N–H and O–H groups in total. The van der Waals surface area contributed by atoms with Gasteiger partial charge >= 0.3 is 0 Å². The van der Waals surface area contributed by atoms with Crippen LogP contribution >= 0.6 is 23.5 Å². The van der Waals surface area contributed by atoms with E-state index in [0.29, 0.717) is 13.0 Å². The molecule has 0 spiro atoms. The zero-order chi connectivity index (χ0) is 16.5. The van der Waals surface area contributed by atoms with Crippen LogP contribution in [0.25, 0.3) is 0 Å². The molecule has 0 saturated heterocycles. The summed E-state index contributed by atoms with van der Waals surface area (Å²) in [5.41, 5.74) is 7.00. The number of nitrogens with two attached hydrogens (primary N) is 1. The number of amides is 1. The van der Waals surface area contributed by atoms with Crippen molar-refractivity contribution in [3.8, 4) is 0 Å². The van der Waals surface area contributed by atoms with Gasteiger partial charge in [0.05, 0.1) is 6.04 Å². The van der Waals surface area contributed by atoms with Crippen LogP contribution in [0.3, 0.4) is 0 Å². The van der Waals surface area contributed by atoms with Crippen LogP contribution in [0.5, 0.6) is 0 Å². The van der Waals surface area contributed by atoms with Crippen LogP contribution in [0.1, 0.15) is 12.0 Å². The monoisotopic (exact) mass is 346 g/mol. The summed E-state index contributed by atoms with van der Waals surface area (Å²) in [4.78, 5) is 14.4. The zero-order valence-corrected chi connectivity index (χ0v) is 14.8. The van der Waals surface area contributed by atoms with Gasteiger partial charge in [0.25, 0.3) is 0 Å². The van der Waals surface area contributed by atoms with Gasteiger partial charge in [-0.05, 0) is 42.2 Å². The minimum Gasteiger partial charge on any atom is -0.351 e. The van der Waals surface area contributed by atoms with Gasteiger partial charge in [0.1, 0.15) is 0 Å². The highest BCUT2D eigenvalue weighted by Crippen LogP contribution is 2.30. The first-order valence-electron chi connectivity index (χ1n) is 7.53. The molecule has 0 bridgehead atoms. The number of benzene rings is 2. The molecule has 0 heterocycles. The third-order valence-electron chi connectivity index (χ3n) is 3.37. The first-order valence-corrected chi connectivity index (χ1v) is 9.75. The Morgan fingerprint density at radius 2 is 1.83 bits per heavy atom. The average Bonchev–Trinajstić information content (AvgIpc) is 2.59. The molecule has 1 amide bonds. The van der Waals surface area contributed by atoms with Crippen LogP contribution in [-0.4, -0.2) is 24.0 Å². The maximum Gasteiger partial charge on any atom is 0.237 e. The van der Waals surface area contributed by atoms with E-state index >= 15 is 0 Å². The average molecular weight is 347 g/mol. The number of carbonyl (C=O) groups excluding carboxylic acids is 1. The van der Waals surface area contributed by atoms with Crippen LogP contribution in [-0.2, 0) is 11.3 Å². The van der Waals surface area contributed by atoms with Crippen molar-refractivity contribution in [3.63, 3.8) is 0 Å². The van der Waals surface area contributed by atoms with Gasteiger partial charge < -0.3 is 11.1 Å². The highest BCUT2D eigenvalue weighted by Gasteiger charge is 2.13. The number of rotatable bonds is 8. The molecule has 0 unspecified atom stereocenters. The lowest BCUT2D eigenvalue weighted by atomic mass is 10.2. The fourth-order valence-corrected chi connectivity index (χ4v) is 3.51. The molecule has 0 aromatic heterocycles. The quantitative estimate of drug-likeness (QED) is 0.768. The van der Waals surface area contributed by atoms with Gasteiger partial charge in [-0.1, -0.05) is 48.2 Å². The SMILES string of the molecule is CSCC[C@H](N)C(=O)NCc1ccccc1Sc1ccccc1. The van der Waals surface area contributed by atoms with E-state index in [0.717, 1.165) is 16.2 Å². The molecular formula is C18H22N2OS2. The summed E-state index contributed by atoms with van der Waals surface area (Å²) in [5, 5.41) is 2.95. The predicted octanol–water partition coefficient (Wildman–Crippen LogP) is 3.53. The third kappa shape index (κ3) is 5.94. The Labute approximate surface area is 146 Å². The van der Waals surface area contributed by atoms with Gasteiger partial charge in [-0.2, -0.15) is 11.8 Å². The summed E-state index contributed by atoms with van der Waals surface area (Å²) < 4.78 is 0.